The fourth-order valence-corrected chi connectivity index (χ4v) is 4.54. The number of amides is 1. The Labute approximate surface area is 196 Å². The van der Waals surface area contributed by atoms with Crippen LogP contribution in [0.25, 0.3) is 10.9 Å². The zero-order chi connectivity index (χ0) is 22.7. The molecular weight excluding hydrogens is 468 g/mol. The second-order valence-electron chi connectivity index (χ2n) is 8.53. The average molecular weight is 497 g/mol. The molecule has 0 aliphatic heterocycles. The minimum absolute atomic E-state index is 0.232. The Morgan fingerprint density at radius 3 is 2.56 bits per heavy atom. The molecule has 7 nitrogen and oxygen atoms in total. The Bertz CT molecular complexity index is 1090. The summed E-state index contributed by atoms with van der Waals surface area (Å²) in [5.41, 5.74) is 9.99. The van der Waals surface area contributed by atoms with Crippen LogP contribution in [0.5, 0.6) is 0 Å². The number of fused-ring (bicyclic) bond motifs is 1. The van der Waals surface area contributed by atoms with E-state index in [-0.39, 0.29) is 18.0 Å². The molecule has 1 aromatic carbocycles. The maximum Gasteiger partial charge on any atom is 0.272 e. The van der Waals surface area contributed by atoms with Crippen molar-refractivity contribution in [2.75, 3.05) is 24.3 Å². The normalized spacial score (nSPS) is 18.4. The predicted octanol–water partition coefficient (Wildman–Crippen LogP) is 4.07. The van der Waals surface area contributed by atoms with Crippen molar-refractivity contribution >= 4 is 44.1 Å². The molecule has 1 aliphatic carbocycles. The summed E-state index contributed by atoms with van der Waals surface area (Å²) in [6.07, 6.45) is 5.61. The number of hydrogen-bond donors (Lipinski definition) is 3. The van der Waals surface area contributed by atoms with E-state index in [4.69, 9.17) is 5.73 Å². The van der Waals surface area contributed by atoms with Crippen molar-refractivity contribution in [1.29, 1.82) is 0 Å². The molecule has 168 valence electrons. The van der Waals surface area contributed by atoms with E-state index in [2.05, 4.69) is 36.5 Å². The number of benzene rings is 1. The first kappa shape index (κ1) is 22.5. The van der Waals surface area contributed by atoms with Gasteiger partial charge in [0.1, 0.15) is 4.60 Å². The molecule has 0 spiro atoms. The maximum atomic E-state index is 13.2. The first-order valence-corrected chi connectivity index (χ1v) is 11.7. The molecule has 2 aromatic heterocycles. The highest BCUT2D eigenvalue weighted by molar-refractivity contribution is 9.10. The fraction of sp³-hybridized carbons (Fsp3) is 0.375. The summed E-state index contributed by atoms with van der Waals surface area (Å²) in [4.78, 5) is 24.4. The zero-order valence-corrected chi connectivity index (χ0v) is 20.0. The molecule has 0 saturated heterocycles. The minimum Gasteiger partial charge on any atom is -0.379 e. The van der Waals surface area contributed by atoms with Gasteiger partial charge in [0.25, 0.3) is 5.91 Å². The van der Waals surface area contributed by atoms with Crippen LogP contribution in [0.1, 0.15) is 41.7 Å². The second-order valence-corrected chi connectivity index (χ2v) is 9.28. The van der Waals surface area contributed by atoms with Crippen molar-refractivity contribution < 1.29 is 4.79 Å². The third-order valence-corrected chi connectivity index (χ3v) is 6.56. The zero-order valence-electron chi connectivity index (χ0n) is 18.4. The van der Waals surface area contributed by atoms with E-state index < -0.39 is 0 Å². The number of rotatable bonds is 6. The maximum absolute atomic E-state index is 13.2. The van der Waals surface area contributed by atoms with Gasteiger partial charge >= 0.3 is 0 Å². The molecule has 0 radical (unpaired) electrons. The van der Waals surface area contributed by atoms with Crippen LogP contribution >= 0.6 is 15.9 Å². The molecule has 0 bridgehead atoms. The van der Waals surface area contributed by atoms with Crippen LogP contribution in [0, 0.1) is 0 Å². The van der Waals surface area contributed by atoms with Gasteiger partial charge in [0, 0.05) is 50.0 Å². The predicted molar refractivity (Wildman–Crippen MR) is 133 cm³/mol. The Hall–Kier alpha value is -2.71. The van der Waals surface area contributed by atoms with Crippen molar-refractivity contribution in [2.24, 2.45) is 5.73 Å². The van der Waals surface area contributed by atoms with Crippen molar-refractivity contribution in [1.82, 2.24) is 15.3 Å². The Morgan fingerprint density at radius 1 is 1.16 bits per heavy atom. The van der Waals surface area contributed by atoms with Gasteiger partial charge in [0.15, 0.2) is 5.69 Å². The first-order chi connectivity index (χ1) is 15.4. The van der Waals surface area contributed by atoms with E-state index in [0.29, 0.717) is 22.5 Å². The van der Waals surface area contributed by atoms with Gasteiger partial charge in [0.2, 0.25) is 0 Å². The lowest BCUT2D eigenvalue weighted by atomic mass is 9.91. The van der Waals surface area contributed by atoms with Crippen molar-refractivity contribution in [2.45, 2.75) is 44.3 Å². The third-order valence-electron chi connectivity index (χ3n) is 5.95. The quantitative estimate of drug-likeness (QED) is 0.445. The van der Waals surface area contributed by atoms with Gasteiger partial charge in [-0.05, 0) is 71.4 Å². The summed E-state index contributed by atoms with van der Waals surface area (Å²) in [6, 6.07) is 12.4. The summed E-state index contributed by atoms with van der Waals surface area (Å²) in [5, 5.41) is 7.46. The number of anilines is 2. The van der Waals surface area contributed by atoms with E-state index in [1.54, 1.807) is 6.20 Å². The van der Waals surface area contributed by atoms with Gasteiger partial charge < -0.3 is 21.3 Å². The summed E-state index contributed by atoms with van der Waals surface area (Å²) >= 11 is 3.52. The number of nitrogens with two attached hydrogens (primary N) is 1. The Balaban J connectivity index is 1.59. The molecule has 1 amide bonds. The number of carbonyl (C=O) groups is 1. The number of nitrogens with zero attached hydrogens (tertiary/aromatic N) is 3. The van der Waals surface area contributed by atoms with Crippen LogP contribution in [0.2, 0.25) is 0 Å². The van der Waals surface area contributed by atoms with E-state index in [1.165, 1.54) is 0 Å². The highest BCUT2D eigenvalue weighted by Crippen LogP contribution is 2.32. The van der Waals surface area contributed by atoms with Gasteiger partial charge in [-0.2, -0.15) is 0 Å². The minimum atomic E-state index is -0.232. The number of carbonyl (C=O) groups excluding carboxylic acids is 1. The largest absolute Gasteiger partial charge is 0.379 e. The van der Waals surface area contributed by atoms with E-state index >= 15 is 0 Å². The Kier molecular flexibility index (Phi) is 6.91. The second kappa shape index (κ2) is 9.83. The SMILES string of the molecule is CN(C)c1ccc(CNC(=O)c2nc(Br)c3cccnc3c2NC2CCC(N)CC2)cc1. The van der Waals surface area contributed by atoms with Crippen LogP contribution in [0.4, 0.5) is 11.4 Å². The number of pyridine rings is 2. The number of aromatic nitrogens is 2. The number of halogens is 1. The molecule has 2 heterocycles. The summed E-state index contributed by atoms with van der Waals surface area (Å²) in [7, 11) is 4.01. The molecule has 1 fully saturated rings. The average Bonchev–Trinajstić information content (AvgIpc) is 2.81. The van der Waals surface area contributed by atoms with Gasteiger partial charge in [-0.1, -0.05) is 12.1 Å². The van der Waals surface area contributed by atoms with Crippen molar-refractivity contribution in [3.8, 4) is 0 Å². The van der Waals surface area contributed by atoms with Gasteiger partial charge in [-0.25, -0.2) is 4.98 Å². The third kappa shape index (κ3) is 5.02. The molecule has 4 N–H and O–H groups in total. The summed E-state index contributed by atoms with van der Waals surface area (Å²) in [6.45, 7) is 0.420. The fourth-order valence-electron chi connectivity index (χ4n) is 4.04. The highest BCUT2D eigenvalue weighted by Gasteiger charge is 2.24. The molecule has 4 rings (SSSR count). The van der Waals surface area contributed by atoms with Crippen molar-refractivity contribution in [3.05, 3.63) is 58.5 Å². The molecule has 1 aliphatic rings. The lowest BCUT2D eigenvalue weighted by Gasteiger charge is -2.28. The first-order valence-electron chi connectivity index (χ1n) is 10.9. The molecule has 0 unspecified atom stereocenters. The monoisotopic (exact) mass is 496 g/mol. The van der Waals surface area contributed by atoms with E-state index in [9.17, 15) is 4.79 Å². The highest BCUT2D eigenvalue weighted by atomic mass is 79.9. The number of nitrogens with one attached hydrogen (secondary N) is 2. The molecule has 32 heavy (non-hydrogen) atoms. The van der Waals surface area contributed by atoms with Crippen LogP contribution in [0.3, 0.4) is 0 Å². The van der Waals surface area contributed by atoms with Crippen LogP contribution < -0.4 is 21.3 Å². The van der Waals surface area contributed by atoms with Gasteiger partial charge in [0.05, 0.1) is 11.2 Å². The smallest absolute Gasteiger partial charge is 0.272 e. The van der Waals surface area contributed by atoms with Crippen LogP contribution in [-0.4, -0.2) is 42.1 Å². The van der Waals surface area contributed by atoms with Crippen LogP contribution in [0.15, 0.2) is 47.2 Å². The Morgan fingerprint density at radius 2 is 1.88 bits per heavy atom. The van der Waals surface area contributed by atoms with Crippen LogP contribution in [-0.2, 0) is 6.54 Å². The molecule has 8 heteroatoms. The lowest BCUT2D eigenvalue weighted by molar-refractivity contribution is 0.0946. The molecular formula is C24H29BrN6O. The lowest BCUT2D eigenvalue weighted by Crippen LogP contribution is -2.34. The molecule has 0 atom stereocenters. The van der Waals surface area contributed by atoms with Gasteiger partial charge in [-0.3, -0.25) is 9.78 Å². The molecule has 1 saturated carbocycles. The van der Waals surface area contributed by atoms with Crippen molar-refractivity contribution in [3.63, 3.8) is 0 Å². The molecule has 3 aromatic rings. The standard InChI is InChI=1S/C24H29BrN6O/c1-31(2)18-11-5-15(6-12-18)14-28-24(32)22-21(29-17-9-7-16(26)8-10-17)20-19(23(25)30-22)4-3-13-27-20/h3-6,11-13,16-17,29H,7-10,14,26H2,1-2H3,(H,28,32). The topological polar surface area (TPSA) is 96.2 Å². The summed E-state index contributed by atoms with van der Waals surface area (Å²) in [5.74, 6) is -0.232. The van der Waals surface area contributed by atoms with E-state index in [0.717, 1.165) is 47.8 Å². The summed E-state index contributed by atoms with van der Waals surface area (Å²) < 4.78 is 0.609. The van der Waals surface area contributed by atoms with Gasteiger partial charge in [-0.15, -0.1) is 0 Å². The van der Waals surface area contributed by atoms with E-state index in [1.807, 2.05) is 55.4 Å². The number of hydrogen-bond acceptors (Lipinski definition) is 6.